The van der Waals surface area contributed by atoms with Crippen LogP contribution in [-0.4, -0.2) is 19.8 Å². The number of halogens is 1. The number of aryl methyl sites for hydroxylation is 1. The molecule has 1 N–H and O–H groups in total. The van der Waals surface area contributed by atoms with Crippen molar-refractivity contribution in [2.75, 3.05) is 0 Å². The number of hydrogen-bond acceptors (Lipinski definition) is 5. The minimum Gasteiger partial charge on any atom is -0.506 e. The molecule has 4 rings (SSSR count). The van der Waals surface area contributed by atoms with Gasteiger partial charge in [0, 0.05) is 17.5 Å². The summed E-state index contributed by atoms with van der Waals surface area (Å²) in [4.78, 5) is 17.2. The molecule has 0 fully saturated rings. The zero-order chi connectivity index (χ0) is 19.0. The Morgan fingerprint density at radius 3 is 2.63 bits per heavy atom. The Bertz CT molecular complexity index is 1180. The smallest absolute Gasteiger partial charge is 0.267 e. The number of nitrogens with zero attached hydrogens (tertiary/aromatic N) is 3. The van der Waals surface area contributed by atoms with Crippen molar-refractivity contribution in [2.45, 2.75) is 19.9 Å². The lowest BCUT2D eigenvalue weighted by Gasteiger charge is -2.12. The fraction of sp³-hybridized carbons (Fsp3) is 0.150. The highest BCUT2D eigenvalue weighted by atomic mass is 19.1. The monoisotopic (exact) mass is 365 g/mol. The van der Waals surface area contributed by atoms with E-state index < -0.39 is 5.56 Å². The van der Waals surface area contributed by atoms with E-state index in [-0.39, 0.29) is 28.8 Å². The van der Waals surface area contributed by atoms with Crippen LogP contribution in [0.5, 0.6) is 5.75 Å². The van der Waals surface area contributed by atoms with Gasteiger partial charge in [-0.05, 0) is 42.8 Å². The molecule has 2 aromatic carbocycles. The van der Waals surface area contributed by atoms with Gasteiger partial charge >= 0.3 is 0 Å². The lowest BCUT2D eigenvalue weighted by molar-refractivity contribution is 0.425. The highest BCUT2D eigenvalue weighted by molar-refractivity contribution is 5.91. The minimum atomic E-state index is -0.401. The quantitative estimate of drug-likeness (QED) is 0.592. The van der Waals surface area contributed by atoms with E-state index >= 15 is 0 Å². The zero-order valence-corrected chi connectivity index (χ0v) is 14.5. The first-order valence-electron chi connectivity index (χ1n) is 8.54. The highest BCUT2D eigenvalue weighted by Crippen LogP contribution is 2.33. The maximum atomic E-state index is 13.1. The van der Waals surface area contributed by atoms with Crippen molar-refractivity contribution in [3.63, 3.8) is 0 Å². The summed E-state index contributed by atoms with van der Waals surface area (Å²) in [5.41, 5.74) is 0.745. The van der Waals surface area contributed by atoms with Crippen molar-refractivity contribution in [1.29, 1.82) is 0 Å². The summed E-state index contributed by atoms with van der Waals surface area (Å²) in [6.07, 6.45) is 0.749. The Labute approximate surface area is 153 Å². The van der Waals surface area contributed by atoms with E-state index in [9.17, 15) is 14.3 Å². The topological polar surface area (TPSA) is 81.2 Å². The fourth-order valence-electron chi connectivity index (χ4n) is 3.07. The average molecular weight is 365 g/mol. The zero-order valence-electron chi connectivity index (χ0n) is 14.5. The molecule has 2 aromatic heterocycles. The van der Waals surface area contributed by atoms with E-state index in [1.165, 1.54) is 24.3 Å². The van der Waals surface area contributed by atoms with Crippen LogP contribution in [0.4, 0.5) is 4.39 Å². The summed E-state index contributed by atoms with van der Waals surface area (Å²) in [5, 5.41) is 15.1. The van der Waals surface area contributed by atoms with Gasteiger partial charge in [0.05, 0.1) is 5.52 Å². The Morgan fingerprint density at radius 1 is 1.15 bits per heavy atom. The van der Waals surface area contributed by atoms with E-state index in [2.05, 4.69) is 10.1 Å². The van der Waals surface area contributed by atoms with Gasteiger partial charge in [-0.3, -0.25) is 4.79 Å². The maximum Gasteiger partial charge on any atom is 0.267 e. The summed E-state index contributed by atoms with van der Waals surface area (Å²) in [6.45, 7) is 2.46. The van der Waals surface area contributed by atoms with Crippen LogP contribution in [0.15, 0.2) is 57.8 Å². The molecule has 0 aliphatic carbocycles. The van der Waals surface area contributed by atoms with Crippen molar-refractivity contribution in [3.05, 3.63) is 64.7 Å². The first kappa shape index (κ1) is 17.0. The normalized spacial score (nSPS) is 11.2. The van der Waals surface area contributed by atoms with E-state index in [0.717, 1.165) is 6.42 Å². The molecule has 0 radical (unpaired) electrons. The summed E-state index contributed by atoms with van der Waals surface area (Å²) >= 11 is 0. The molecule has 0 aliphatic heterocycles. The molecule has 0 spiro atoms. The SMILES string of the molecule is CCCn1c(=O)c(-c2nc(-c3ccc(F)cc3)no2)c(O)c2ccccc21. The maximum absolute atomic E-state index is 13.1. The molecule has 7 heteroatoms. The van der Waals surface area contributed by atoms with Crippen LogP contribution in [0.1, 0.15) is 13.3 Å². The van der Waals surface area contributed by atoms with E-state index in [1.807, 2.05) is 13.0 Å². The summed E-state index contributed by atoms with van der Waals surface area (Å²) < 4.78 is 19.9. The second-order valence-electron chi connectivity index (χ2n) is 6.13. The lowest BCUT2D eigenvalue weighted by atomic mass is 10.1. The Balaban J connectivity index is 1.92. The fourth-order valence-corrected chi connectivity index (χ4v) is 3.07. The van der Waals surface area contributed by atoms with Crippen molar-refractivity contribution in [2.24, 2.45) is 0 Å². The number of aromatic hydroxyl groups is 1. The average Bonchev–Trinajstić information content (AvgIpc) is 3.15. The minimum absolute atomic E-state index is 0.0389. The van der Waals surface area contributed by atoms with Gasteiger partial charge in [-0.15, -0.1) is 0 Å². The summed E-state index contributed by atoms with van der Waals surface area (Å²) in [5.74, 6) is -0.444. The van der Waals surface area contributed by atoms with Crippen LogP contribution in [-0.2, 0) is 6.54 Å². The molecule has 0 amide bonds. The Hall–Kier alpha value is -3.48. The second-order valence-corrected chi connectivity index (χ2v) is 6.13. The third kappa shape index (κ3) is 2.87. The molecule has 0 saturated carbocycles. The van der Waals surface area contributed by atoms with Gasteiger partial charge < -0.3 is 14.2 Å². The van der Waals surface area contributed by atoms with E-state index in [4.69, 9.17) is 4.52 Å². The van der Waals surface area contributed by atoms with E-state index in [0.29, 0.717) is 23.0 Å². The van der Waals surface area contributed by atoms with Crippen LogP contribution in [0, 0.1) is 5.82 Å². The molecule has 4 aromatic rings. The molecule has 0 atom stereocenters. The van der Waals surface area contributed by atoms with Crippen molar-refractivity contribution < 1.29 is 14.0 Å². The standard InChI is InChI=1S/C20H16FN3O3/c1-2-11-24-15-6-4-3-5-14(15)17(25)16(20(24)26)19-22-18(23-27-19)12-7-9-13(21)10-8-12/h3-10,25H,2,11H2,1H3. The van der Waals surface area contributed by atoms with Crippen LogP contribution in [0.3, 0.4) is 0 Å². The first-order chi connectivity index (χ1) is 13.1. The van der Waals surface area contributed by atoms with Crippen molar-refractivity contribution >= 4 is 10.9 Å². The van der Waals surface area contributed by atoms with Gasteiger partial charge in [-0.1, -0.05) is 24.2 Å². The van der Waals surface area contributed by atoms with Crippen LogP contribution < -0.4 is 5.56 Å². The molecular formula is C20H16FN3O3. The Kier molecular flexibility index (Phi) is 4.19. The van der Waals surface area contributed by atoms with Gasteiger partial charge in [0.25, 0.3) is 11.4 Å². The van der Waals surface area contributed by atoms with Crippen molar-refractivity contribution in [1.82, 2.24) is 14.7 Å². The second kappa shape index (κ2) is 6.68. The molecule has 2 heterocycles. The molecule has 0 saturated heterocycles. The predicted molar refractivity (Wildman–Crippen MR) is 98.8 cm³/mol. The highest BCUT2D eigenvalue weighted by Gasteiger charge is 2.22. The van der Waals surface area contributed by atoms with Crippen LogP contribution in [0.2, 0.25) is 0 Å². The number of aromatic nitrogens is 3. The molecular weight excluding hydrogens is 349 g/mol. The number of pyridine rings is 1. The van der Waals surface area contributed by atoms with Crippen molar-refractivity contribution in [3.8, 4) is 28.6 Å². The van der Waals surface area contributed by atoms with Gasteiger partial charge in [0.1, 0.15) is 17.1 Å². The van der Waals surface area contributed by atoms with Gasteiger partial charge in [-0.25, -0.2) is 4.39 Å². The molecule has 0 aliphatic rings. The van der Waals surface area contributed by atoms with E-state index in [1.54, 1.807) is 22.8 Å². The number of benzene rings is 2. The largest absolute Gasteiger partial charge is 0.506 e. The summed E-state index contributed by atoms with van der Waals surface area (Å²) in [7, 11) is 0. The van der Waals surface area contributed by atoms with Crippen LogP contribution >= 0.6 is 0 Å². The predicted octanol–water partition coefficient (Wildman–Crippen LogP) is 3.97. The molecule has 6 nitrogen and oxygen atoms in total. The number of rotatable bonds is 4. The number of para-hydroxylation sites is 1. The first-order valence-corrected chi connectivity index (χ1v) is 8.54. The lowest BCUT2D eigenvalue weighted by Crippen LogP contribution is -2.22. The molecule has 0 unspecified atom stereocenters. The number of fused-ring (bicyclic) bond motifs is 1. The molecule has 0 bridgehead atoms. The molecule has 136 valence electrons. The van der Waals surface area contributed by atoms with Crippen LogP contribution in [0.25, 0.3) is 33.7 Å². The molecule has 27 heavy (non-hydrogen) atoms. The third-order valence-electron chi connectivity index (χ3n) is 4.34. The summed E-state index contributed by atoms with van der Waals surface area (Å²) in [6, 6.07) is 12.7. The third-order valence-corrected chi connectivity index (χ3v) is 4.34. The number of hydrogen-bond donors (Lipinski definition) is 1. The Morgan fingerprint density at radius 2 is 1.89 bits per heavy atom. The van der Waals surface area contributed by atoms with Gasteiger partial charge in [0.15, 0.2) is 0 Å². The van der Waals surface area contributed by atoms with Gasteiger partial charge in [0.2, 0.25) is 5.82 Å². The van der Waals surface area contributed by atoms with Gasteiger partial charge in [-0.2, -0.15) is 4.98 Å².